The molecule has 15 heavy (non-hydrogen) atoms. The van der Waals surface area contributed by atoms with Crippen LogP contribution in [0.25, 0.3) is 0 Å². The molecule has 0 aromatic heterocycles. The molecular weight excluding hydrogens is 184 g/mol. The summed E-state index contributed by atoms with van der Waals surface area (Å²) in [7, 11) is 0. The number of likely N-dealkylation sites (tertiary alicyclic amines) is 1. The molecule has 0 saturated carbocycles. The van der Waals surface area contributed by atoms with Crippen LogP contribution >= 0.6 is 0 Å². The first kappa shape index (κ1) is 13.0. The summed E-state index contributed by atoms with van der Waals surface area (Å²) in [5.74, 6) is 0. The van der Waals surface area contributed by atoms with E-state index in [4.69, 9.17) is 0 Å². The lowest BCUT2D eigenvalue weighted by molar-refractivity contribution is 0.209. The Kier molecular flexibility index (Phi) is 5.07. The third kappa shape index (κ3) is 4.98. The molecule has 0 bridgehead atoms. The standard InChI is InChI=1S/C13H28N2/c1-5-8-12(11-14-13(2,3)4)15-9-6-7-10-15/h12,14H,5-11H2,1-4H3. The van der Waals surface area contributed by atoms with Crippen molar-refractivity contribution in [1.29, 1.82) is 0 Å². The van der Waals surface area contributed by atoms with Gasteiger partial charge in [-0.15, -0.1) is 0 Å². The second kappa shape index (κ2) is 5.86. The Labute approximate surface area is 95.4 Å². The molecule has 90 valence electrons. The molecule has 1 rings (SSSR count). The smallest absolute Gasteiger partial charge is 0.0220 e. The van der Waals surface area contributed by atoms with Crippen LogP contribution in [0.2, 0.25) is 0 Å². The lowest BCUT2D eigenvalue weighted by Crippen LogP contribution is -2.46. The van der Waals surface area contributed by atoms with Gasteiger partial charge in [0.25, 0.3) is 0 Å². The Bertz CT molecular complexity index is 166. The molecule has 2 nitrogen and oxygen atoms in total. The fourth-order valence-corrected chi connectivity index (χ4v) is 2.28. The van der Waals surface area contributed by atoms with Crippen molar-refractivity contribution in [3.8, 4) is 0 Å². The van der Waals surface area contributed by atoms with Crippen molar-refractivity contribution >= 4 is 0 Å². The van der Waals surface area contributed by atoms with Crippen molar-refractivity contribution in [2.75, 3.05) is 19.6 Å². The van der Waals surface area contributed by atoms with E-state index in [1.54, 1.807) is 0 Å². The molecule has 1 unspecified atom stereocenters. The van der Waals surface area contributed by atoms with E-state index in [2.05, 4.69) is 37.9 Å². The first-order valence-electron chi connectivity index (χ1n) is 6.52. The van der Waals surface area contributed by atoms with Gasteiger partial charge < -0.3 is 5.32 Å². The SMILES string of the molecule is CCCC(CNC(C)(C)C)N1CCCC1. The minimum Gasteiger partial charge on any atom is -0.311 e. The monoisotopic (exact) mass is 212 g/mol. The van der Waals surface area contributed by atoms with Crippen LogP contribution in [0.4, 0.5) is 0 Å². The summed E-state index contributed by atoms with van der Waals surface area (Å²) in [6.07, 6.45) is 5.43. The normalized spacial score (nSPS) is 20.8. The molecule has 0 aromatic rings. The Morgan fingerprint density at radius 1 is 1.20 bits per heavy atom. The molecule has 0 amide bonds. The lowest BCUT2D eigenvalue weighted by atomic mass is 10.1. The minimum atomic E-state index is 0.256. The highest BCUT2D eigenvalue weighted by atomic mass is 15.2. The predicted molar refractivity (Wildman–Crippen MR) is 67.3 cm³/mol. The van der Waals surface area contributed by atoms with Gasteiger partial charge in [-0.05, 0) is 53.1 Å². The highest BCUT2D eigenvalue weighted by Gasteiger charge is 2.22. The Morgan fingerprint density at radius 3 is 2.27 bits per heavy atom. The van der Waals surface area contributed by atoms with Crippen molar-refractivity contribution in [3.05, 3.63) is 0 Å². The fraction of sp³-hybridized carbons (Fsp3) is 1.00. The zero-order valence-electron chi connectivity index (χ0n) is 11.0. The molecule has 1 atom stereocenters. The molecular formula is C13H28N2. The van der Waals surface area contributed by atoms with Crippen LogP contribution in [0.3, 0.4) is 0 Å². The molecule has 2 heteroatoms. The van der Waals surface area contributed by atoms with Crippen LogP contribution in [0.5, 0.6) is 0 Å². The molecule has 1 saturated heterocycles. The maximum atomic E-state index is 3.64. The van der Waals surface area contributed by atoms with Gasteiger partial charge in [0.05, 0.1) is 0 Å². The molecule has 0 radical (unpaired) electrons. The fourth-order valence-electron chi connectivity index (χ4n) is 2.28. The number of hydrogen-bond acceptors (Lipinski definition) is 2. The average molecular weight is 212 g/mol. The number of rotatable bonds is 5. The molecule has 1 heterocycles. The Balaban J connectivity index is 2.35. The molecule has 0 aromatic carbocycles. The summed E-state index contributed by atoms with van der Waals surface area (Å²) < 4.78 is 0. The second-order valence-corrected chi connectivity index (χ2v) is 5.82. The number of nitrogens with zero attached hydrogens (tertiary/aromatic N) is 1. The largest absolute Gasteiger partial charge is 0.311 e. The van der Waals surface area contributed by atoms with Crippen LogP contribution < -0.4 is 5.32 Å². The van der Waals surface area contributed by atoms with Crippen LogP contribution in [0.1, 0.15) is 53.4 Å². The van der Waals surface area contributed by atoms with Gasteiger partial charge in [-0.25, -0.2) is 0 Å². The third-order valence-corrected chi connectivity index (χ3v) is 3.15. The Morgan fingerprint density at radius 2 is 1.80 bits per heavy atom. The van der Waals surface area contributed by atoms with Crippen molar-refractivity contribution in [2.45, 2.75) is 65.0 Å². The van der Waals surface area contributed by atoms with E-state index in [1.165, 1.54) is 38.8 Å². The van der Waals surface area contributed by atoms with Gasteiger partial charge >= 0.3 is 0 Å². The van der Waals surface area contributed by atoms with Crippen molar-refractivity contribution in [3.63, 3.8) is 0 Å². The zero-order valence-corrected chi connectivity index (χ0v) is 11.0. The van der Waals surface area contributed by atoms with E-state index >= 15 is 0 Å². The molecule has 1 fully saturated rings. The molecule has 0 aliphatic carbocycles. The maximum Gasteiger partial charge on any atom is 0.0220 e. The van der Waals surface area contributed by atoms with Gasteiger partial charge in [0.1, 0.15) is 0 Å². The van der Waals surface area contributed by atoms with Crippen LogP contribution in [-0.4, -0.2) is 36.1 Å². The zero-order chi connectivity index (χ0) is 11.3. The van der Waals surface area contributed by atoms with Gasteiger partial charge in [0, 0.05) is 18.1 Å². The maximum absolute atomic E-state index is 3.64. The minimum absolute atomic E-state index is 0.256. The van der Waals surface area contributed by atoms with Gasteiger partial charge in [0.2, 0.25) is 0 Å². The summed E-state index contributed by atoms with van der Waals surface area (Å²) in [6, 6.07) is 0.761. The topological polar surface area (TPSA) is 15.3 Å². The van der Waals surface area contributed by atoms with Crippen LogP contribution in [0.15, 0.2) is 0 Å². The van der Waals surface area contributed by atoms with Crippen molar-refractivity contribution in [2.24, 2.45) is 0 Å². The van der Waals surface area contributed by atoms with Crippen molar-refractivity contribution < 1.29 is 0 Å². The highest BCUT2D eigenvalue weighted by Crippen LogP contribution is 2.15. The summed E-state index contributed by atoms with van der Waals surface area (Å²) in [5, 5.41) is 3.64. The van der Waals surface area contributed by atoms with Crippen LogP contribution in [0, 0.1) is 0 Å². The molecule has 1 aliphatic rings. The average Bonchev–Trinajstić information content (AvgIpc) is 2.63. The van der Waals surface area contributed by atoms with E-state index in [1.807, 2.05) is 0 Å². The van der Waals surface area contributed by atoms with Gasteiger partial charge in [-0.1, -0.05) is 13.3 Å². The van der Waals surface area contributed by atoms with Gasteiger partial charge in [-0.2, -0.15) is 0 Å². The highest BCUT2D eigenvalue weighted by molar-refractivity contribution is 4.81. The summed E-state index contributed by atoms with van der Waals surface area (Å²) >= 11 is 0. The first-order valence-corrected chi connectivity index (χ1v) is 6.52. The van der Waals surface area contributed by atoms with E-state index in [9.17, 15) is 0 Å². The number of hydrogen-bond donors (Lipinski definition) is 1. The quantitative estimate of drug-likeness (QED) is 0.753. The third-order valence-electron chi connectivity index (χ3n) is 3.15. The Hall–Kier alpha value is -0.0800. The number of nitrogens with one attached hydrogen (secondary N) is 1. The summed E-state index contributed by atoms with van der Waals surface area (Å²) in [6.45, 7) is 12.8. The van der Waals surface area contributed by atoms with Gasteiger partial charge in [-0.3, -0.25) is 4.90 Å². The predicted octanol–water partition coefficient (Wildman–Crippen LogP) is 2.64. The van der Waals surface area contributed by atoms with E-state index in [0.717, 1.165) is 12.6 Å². The lowest BCUT2D eigenvalue weighted by Gasteiger charge is -2.31. The summed E-state index contributed by atoms with van der Waals surface area (Å²) in [4.78, 5) is 2.67. The van der Waals surface area contributed by atoms with Gasteiger partial charge in [0.15, 0.2) is 0 Å². The van der Waals surface area contributed by atoms with E-state index < -0.39 is 0 Å². The van der Waals surface area contributed by atoms with Crippen LogP contribution in [-0.2, 0) is 0 Å². The van der Waals surface area contributed by atoms with Crippen molar-refractivity contribution in [1.82, 2.24) is 10.2 Å². The summed E-state index contributed by atoms with van der Waals surface area (Å²) in [5.41, 5.74) is 0.256. The first-order chi connectivity index (χ1) is 7.03. The molecule has 0 spiro atoms. The van der Waals surface area contributed by atoms with E-state index in [0.29, 0.717) is 0 Å². The second-order valence-electron chi connectivity index (χ2n) is 5.82. The molecule has 1 aliphatic heterocycles. The molecule has 1 N–H and O–H groups in total. The van der Waals surface area contributed by atoms with E-state index in [-0.39, 0.29) is 5.54 Å².